The van der Waals surface area contributed by atoms with Crippen molar-refractivity contribution in [1.82, 2.24) is 5.32 Å². The normalized spacial score (nSPS) is 36.7. The lowest BCUT2D eigenvalue weighted by Gasteiger charge is -2.26. The molecule has 0 bridgehead atoms. The molecule has 0 saturated carbocycles. The van der Waals surface area contributed by atoms with Crippen molar-refractivity contribution in [2.75, 3.05) is 18.1 Å². The molecule has 3 unspecified atom stereocenters. The highest BCUT2D eigenvalue weighted by Crippen LogP contribution is 2.27. The lowest BCUT2D eigenvalue weighted by Crippen LogP contribution is -2.34. The summed E-state index contributed by atoms with van der Waals surface area (Å²) < 4.78 is 0. The third-order valence-electron chi connectivity index (χ3n) is 3.51. The number of thioether (sulfide) groups is 1. The molecule has 0 aromatic rings. The molecule has 1 heterocycles. The quantitative estimate of drug-likeness (QED) is 0.741. The summed E-state index contributed by atoms with van der Waals surface area (Å²) in [6.45, 7) is 5.87. The first-order valence-corrected chi connectivity index (χ1v) is 7.38. The minimum Gasteiger partial charge on any atom is -0.313 e. The maximum Gasteiger partial charge on any atom is 0.0166 e. The monoisotopic (exact) mass is 225 g/mol. The molecular formula is C13H23NS. The Kier molecular flexibility index (Phi) is 4.15. The maximum atomic E-state index is 3.74. The first kappa shape index (κ1) is 11.5. The Hall–Kier alpha value is 0.0500. The van der Waals surface area contributed by atoms with Crippen LogP contribution in [0.3, 0.4) is 0 Å². The van der Waals surface area contributed by atoms with Gasteiger partial charge in [-0.2, -0.15) is 11.8 Å². The van der Waals surface area contributed by atoms with E-state index in [1.165, 1.54) is 37.3 Å². The summed E-state index contributed by atoms with van der Waals surface area (Å²) in [6, 6.07) is 0.802. The van der Waals surface area contributed by atoms with Crippen LogP contribution in [0, 0.1) is 11.8 Å². The van der Waals surface area contributed by atoms with Gasteiger partial charge in [0.05, 0.1) is 0 Å². The van der Waals surface area contributed by atoms with Crippen molar-refractivity contribution in [1.29, 1.82) is 0 Å². The minimum absolute atomic E-state index is 0.795. The second-order valence-corrected chi connectivity index (χ2v) is 6.41. The summed E-state index contributed by atoms with van der Waals surface area (Å²) in [4.78, 5) is 0. The van der Waals surface area contributed by atoms with E-state index < -0.39 is 0 Å². The highest BCUT2D eigenvalue weighted by molar-refractivity contribution is 7.99. The Balaban J connectivity index is 1.73. The third-order valence-corrected chi connectivity index (χ3v) is 4.67. The number of rotatable bonds is 3. The molecule has 1 N–H and O–H groups in total. The van der Waals surface area contributed by atoms with Crippen molar-refractivity contribution in [3.8, 4) is 0 Å². The van der Waals surface area contributed by atoms with Gasteiger partial charge in [-0.1, -0.05) is 18.6 Å². The zero-order valence-electron chi connectivity index (χ0n) is 9.96. The van der Waals surface area contributed by atoms with Crippen molar-refractivity contribution in [2.45, 2.75) is 39.2 Å². The summed E-state index contributed by atoms with van der Waals surface area (Å²) >= 11 is 2.10. The molecule has 1 fully saturated rings. The van der Waals surface area contributed by atoms with Gasteiger partial charge in [0.25, 0.3) is 0 Å². The van der Waals surface area contributed by atoms with Crippen LogP contribution in [0.15, 0.2) is 11.6 Å². The summed E-state index contributed by atoms with van der Waals surface area (Å²) in [5.41, 5.74) is 1.60. The molecule has 15 heavy (non-hydrogen) atoms. The van der Waals surface area contributed by atoms with E-state index >= 15 is 0 Å². The van der Waals surface area contributed by atoms with E-state index in [9.17, 15) is 0 Å². The average molecular weight is 225 g/mol. The molecule has 1 saturated heterocycles. The van der Waals surface area contributed by atoms with E-state index in [0.717, 1.165) is 17.9 Å². The van der Waals surface area contributed by atoms with Gasteiger partial charge in [-0.15, -0.1) is 0 Å². The molecule has 86 valence electrons. The van der Waals surface area contributed by atoms with Crippen molar-refractivity contribution in [3.05, 3.63) is 11.6 Å². The SMILES string of the molecule is CC1=CC(C)CC(CNC2CCSC2)C1. The molecule has 0 spiro atoms. The van der Waals surface area contributed by atoms with Crippen LogP contribution in [0.1, 0.15) is 33.1 Å². The Morgan fingerprint density at radius 1 is 1.53 bits per heavy atom. The molecule has 1 nitrogen and oxygen atoms in total. The molecule has 2 aliphatic rings. The van der Waals surface area contributed by atoms with Crippen LogP contribution in [0.2, 0.25) is 0 Å². The first-order valence-electron chi connectivity index (χ1n) is 6.22. The topological polar surface area (TPSA) is 12.0 Å². The highest BCUT2D eigenvalue weighted by atomic mass is 32.2. The molecule has 2 heteroatoms. The number of hydrogen-bond donors (Lipinski definition) is 1. The smallest absolute Gasteiger partial charge is 0.0166 e. The van der Waals surface area contributed by atoms with Gasteiger partial charge in [0, 0.05) is 11.8 Å². The Morgan fingerprint density at radius 3 is 3.07 bits per heavy atom. The Bertz CT molecular complexity index is 231. The molecule has 3 atom stereocenters. The Morgan fingerprint density at radius 2 is 2.40 bits per heavy atom. The van der Waals surface area contributed by atoms with Crippen LogP contribution >= 0.6 is 11.8 Å². The van der Waals surface area contributed by atoms with Gasteiger partial charge in [0.1, 0.15) is 0 Å². The van der Waals surface area contributed by atoms with E-state index in [1.807, 2.05) is 0 Å². The molecule has 1 aliphatic carbocycles. The fraction of sp³-hybridized carbons (Fsp3) is 0.846. The van der Waals surface area contributed by atoms with Crippen LogP contribution in [-0.4, -0.2) is 24.1 Å². The van der Waals surface area contributed by atoms with Gasteiger partial charge in [0.2, 0.25) is 0 Å². The fourth-order valence-electron chi connectivity index (χ4n) is 2.87. The lowest BCUT2D eigenvalue weighted by molar-refractivity contribution is 0.366. The van der Waals surface area contributed by atoms with E-state index in [4.69, 9.17) is 0 Å². The highest BCUT2D eigenvalue weighted by Gasteiger charge is 2.20. The van der Waals surface area contributed by atoms with Crippen molar-refractivity contribution in [3.63, 3.8) is 0 Å². The second kappa shape index (κ2) is 5.40. The van der Waals surface area contributed by atoms with Crippen LogP contribution in [0.5, 0.6) is 0 Å². The summed E-state index contributed by atoms with van der Waals surface area (Å²) in [7, 11) is 0. The van der Waals surface area contributed by atoms with Crippen molar-refractivity contribution < 1.29 is 0 Å². The van der Waals surface area contributed by atoms with Gasteiger partial charge in [-0.25, -0.2) is 0 Å². The van der Waals surface area contributed by atoms with E-state index in [0.29, 0.717) is 0 Å². The zero-order chi connectivity index (χ0) is 10.7. The maximum absolute atomic E-state index is 3.74. The van der Waals surface area contributed by atoms with Gasteiger partial charge in [0.15, 0.2) is 0 Å². The van der Waals surface area contributed by atoms with Gasteiger partial charge in [-0.05, 0) is 50.3 Å². The molecule has 2 rings (SSSR count). The molecule has 1 aliphatic heterocycles. The van der Waals surface area contributed by atoms with Crippen LogP contribution in [-0.2, 0) is 0 Å². The van der Waals surface area contributed by atoms with Gasteiger partial charge in [-0.3, -0.25) is 0 Å². The predicted octanol–water partition coefficient (Wildman–Crippen LogP) is 3.07. The van der Waals surface area contributed by atoms with E-state index in [2.05, 4.69) is 37.0 Å². The second-order valence-electron chi connectivity index (χ2n) is 5.26. The number of allylic oxidation sites excluding steroid dienone is 2. The van der Waals surface area contributed by atoms with Gasteiger partial charge >= 0.3 is 0 Å². The summed E-state index contributed by atoms with van der Waals surface area (Å²) in [5.74, 6) is 4.37. The van der Waals surface area contributed by atoms with Crippen molar-refractivity contribution in [2.24, 2.45) is 11.8 Å². The van der Waals surface area contributed by atoms with Crippen LogP contribution < -0.4 is 5.32 Å². The molecular weight excluding hydrogens is 202 g/mol. The molecule has 0 radical (unpaired) electrons. The van der Waals surface area contributed by atoms with Crippen LogP contribution in [0.25, 0.3) is 0 Å². The van der Waals surface area contributed by atoms with Gasteiger partial charge < -0.3 is 5.32 Å². The van der Waals surface area contributed by atoms with E-state index in [1.54, 1.807) is 5.57 Å². The molecule has 0 amide bonds. The number of nitrogens with one attached hydrogen (secondary N) is 1. The summed E-state index contributed by atoms with van der Waals surface area (Å²) in [5, 5.41) is 3.74. The summed E-state index contributed by atoms with van der Waals surface area (Å²) in [6.07, 6.45) is 6.52. The minimum atomic E-state index is 0.795. The number of hydrogen-bond acceptors (Lipinski definition) is 2. The van der Waals surface area contributed by atoms with E-state index in [-0.39, 0.29) is 0 Å². The fourth-order valence-corrected chi connectivity index (χ4v) is 4.06. The predicted molar refractivity (Wildman–Crippen MR) is 69.4 cm³/mol. The van der Waals surface area contributed by atoms with Crippen LogP contribution in [0.4, 0.5) is 0 Å². The molecule has 0 aromatic carbocycles. The lowest BCUT2D eigenvalue weighted by atomic mass is 9.83. The zero-order valence-corrected chi connectivity index (χ0v) is 10.8. The average Bonchev–Trinajstić information content (AvgIpc) is 2.65. The third kappa shape index (κ3) is 3.53. The molecule has 0 aromatic heterocycles. The first-order chi connectivity index (χ1) is 7.24. The Labute approximate surface area is 98.1 Å². The standard InChI is InChI=1S/C13H23NS/c1-10-5-11(2)7-12(6-10)8-14-13-3-4-15-9-13/h5,10,12-14H,3-4,6-9H2,1-2H3. The largest absolute Gasteiger partial charge is 0.313 e. The van der Waals surface area contributed by atoms with Crippen molar-refractivity contribution >= 4 is 11.8 Å².